The van der Waals surface area contributed by atoms with Crippen LogP contribution in [0.1, 0.15) is 58.8 Å². The van der Waals surface area contributed by atoms with E-state index in [0.717, 1.165) is 19.3 Å². The summed E-state index contributed by atoms with van der Waals surface area (Å²) in [6.07, 6.45) is 8.17. The number of aliphatic hydroxyl groups is 1. The Kier molecular flexibility index (Phi) is 8.07. The second kappa shape index (κ2) is 9.32. The minimum Gasteiger partial charge on any atom is -0.395 e. The highest BCUT2D eigenvalue weighted by atomic mass is 16.3. The van der Waals surface area contributed by atoms with Gasteiger partial charge in [0.1, 0.15) is 0 Å². The highest BCUT2D eigenvalue weighted by Gasteiger charge is 2.16. The number of carbonyl (C=O) groups excluding carboxylic acids is 1. The van der Waals surface area contributed by atoms with Gasteiger partial charge in [-0.1, -0.05) is 39.5 Å². The summed E-state index contributed by atoms with van der Waals surface area (Å²) < 4.78 is 0. The Bertz CT molecular complexity index is 249. The lowest BCUT2D eigenvalue weighted by Gasteiger charge is -2.20. The van der Waals surface area contributed by atoms with Crippen LogP contribution in [0.2, 0.25) is 0 Å². The average molecular weight is 270 g/mol. The van der Waals surface area contributed by atoms with Gasteiger partial charge in [0.25, 0.3) is 0 Å². The van der Waals surface area contributed by atoms with Crippen molar-refractivity contribution in [3.05, 3.63) is 0 Å². The van der Waals surface area contributed by atoms with Gasteiger partial charge in [-0.15, -0.1) is 0 Å². The van der Waals surface area contributed by atoms with Crippen LogP contribution in [-0.4, -0.2) is 36.2 Å². The molecular weight excluding hydrogens is 240 g/mol. The number of carbonyl (C=O) groups is 1. The van der Waals surface area contributed by atoms with Gasteiger partial charge in [-0.05, 0) is 25.2 Å². The van der Waals surface area contributed by atoms with Crippen molar-refractivity contribution in [2.75, 3.05) is 13.2 Å². The standard InChI is InChI=1S/C15H30N2O2/c1-12(2)9-14(11-18)16-10-15(19)17-13-7-5-3-4-6-8-13/h12-14,16,18H,3-11H2,1-2H3,(H,17,19). The molecule has 1 rings (SSSR count). The molecule has 4 heteroatoms. The maximum absolute atomic E-state index is 11.9. The molecule has 1 unspecified atom stereocenters. The third-order valence-electron chi connectivity index (χ3n) is 3.75. The Labute approximate surface area is 117 Å². The van der Waals surface area contributed by atoms with Gasteiger partial charge in [-0.2, -0.15) is 0 Å². The number of rotatable bonds is 7. The Morgan fingerprint density at radius 1 is 1.21 bits per heavy atom. The summed E-state index contributed by atoms with van der Waals surface area (Å²) in [5.74, 6) is 0.587. The van der Waals surface area contributed by atoms with E-state index >= 15 is 0 Å². The fraction of sp³-hybridized carbons (Fsp3) is 0.933. The molecule has 0 bridgehead atoms. The van der Waals surface area contributed by atoms with Crippen LogP contribution in [0.5, 0.6) is 0 Å². The van der Waals surface area contributed by atoms with E-state index in [1.54, 1.807) is 0 Å². The van der Waals surface area contributed by atoms with Crippen LogP contribution in [0.3, 0.4) is 0 Å². The molecule has 112 valence electrons. The van der Waals surface area contributed by atoms with Gasteiger partial charge in [0.05, 0.1) is 13.2 Å². The lowest BCUT2D eigenvalue weighted by atomic mass is 10.0. The Morgan fingerprint density at radius 2 is 1.84 bits per heavy atom. The van der Waals surface area contributed by atoms with E-state index in [1.807, 2.05) is 0 Å². The van der Waals surface area contributed by atoms with E-state index in [1.165, 1.54) is 25.7 Å². The summed E-state index contributed by atoms with van der Waals surface area (Å²) in [6.45, 7) is 4.65. The SMILES string of the molecule is CC(C)CC(CO)NCC(=O)NC1CCCCCC1. The zero-order chi connectivity index (χ0) is 14.1. The molecule has 0 saturated heterocycles. The van der Waals surface area contributed by atoms with E-state index in [4.69, 9.17) is 0 Å². The molecule has 1 aliphatic rings. The summed E-state index contributed by atoms with van der Waals surface area (Å²) >= 11 is 0. The van der Waals surface area contributed by atoms with Gasteiger partial charge in [0.2, 0.25) is 5.91 Å². The lowest BCUT2D eigenvalue weighted by Crippen LogP contribution is -2.44. The van der Waals surface area contributed by atoms with E-state index in [-0.39, 0.29) is 18.6 Å². The van der Waals surface area contributed by atoms with Crippen molar-refractivity contribution in [3.8, 4) is 0 Å². The van der Waals surface area contributed by atoms with Crippen molar-refractivity contribution in [2.24, 2.45) is 5.92 Å². The summed E-state index contributed by atoms with van der Waals surface area (Å²) in [5.41, 5.74) is 0. The van der Waals surface area contributed by atoms with Crippen LogP contribution >= 0.6 is 0 Å². The van der Waals surface area contributed by atoms with Crippen LogP contribution in [0.15, 0.2) is 0 Å². The molecule has 0 aromatic heterocycles. The van der Waals surface area contributed by atoms with Crippen molar-refractivity contribution >= 4 is 5.91 Å². The van der Waals surface area contributed by atoms with Gasteiger partial charge >= 0.3 is 0 Å². The summed E-state index contributed by atoms with van der Waals surface area (Å²) in [7, 11) is 0. The molecule has 4 nitrogen and oxygen atoms in total. The lowest BCUT2D eigenvalue weighted by molar-refractivity contribution is -0.121. The minimum absolute atomic E-state index is 0.0277. The van der Waals surface area contributed by atoms with Crippen LogP contribution in [0.25, 0.3) is 0 Å². The Morgan fingerprint density at radius 3 is 2.37 bits per heavy atom. The molecule has 1 fully saturated rings. The number of hydrogen-bond donors (Lipinski definition) is 3. The van der Waals surface area contributed by atoms with Gasteiger partial charge in [-0.25, -0.2) is 0 Å². The smallest absolute Gasteiger partial charge is 0.234 e. The summed E-state index contributed by atoms with van der Waals surface area (Å²) in [5, 5.41) is 15.5. The maximum atomic E-state index is 11.9. The molecular formula is C15H30N2O2. The van der Waals surface area contributed by atoms with Gasteiger partial charge < -0.3 is 15.7 Å². The average Bonchev–Trinajstić information content (AvgIpc) is 2.62. The van der Waals surface area contributed by atoms with E-state index in [0.29, 0.717) is 18.5 Å². The molecule has 0 aromatic carbocycles. The molecule has 0 aliphatic heterocycles. The fourth-order valence-corrected chi connectivity index (χ4v) is 2.73. The molecule has 1 saturated carbocycles. The third-order valence-corrected chi connectivity index (χ3v) is 3.75. The molecule has 1 aliphatic carbocycles. The monoisotopic (exact) mass is 270 g/mol. The van der Waals surface area contributed by atoms with Gasteiger partial charge in [-0.3, -0.25) is 4.79 Å². The van der Waals surface area contributed by atoms with Crippen molar-refractivity contribution < 1.29 is 9.90 Å². The molecule has 1 atom stereocenters. The highest BCUT2D eigenvalue weighted by Crippen LogP contribution is 2.16. The Balaban J connectivity index is 2.22. The topological polar surface area (TPSA) is 61.4 Å². The molecule has 1 amide bonds. The number of amides is 1. The van der Waals surface area contributed by atoms with Crippen molar-refractivity contribution in [2.45, 2.75) is 70.9 Å². The normalized spacial score (nSPS) is 19.2. The second-order valence-corrected chi connectivity index (χ2v) is 6.15. The van der Waals surface area contributed by atoms with Crippen molar-refractivity contribution in [1.29, 1.82) is 0 Å². The van der Waals surface area contributed by atoms with Crippen LogP contribution < -0.4 is 10.6 Å². The zero-order valence-electron chi connectivity index (χ0n) is 12.5. The minimum atomic E-state index is 0.0277. The quantitative estimate of drug-likeness (QED) is 0.618. The predicted octanol–water partition coefficient (Wildman–Crippen LogP) is 1.82. The van der Waals surface area contributed by atoms with Crippen LogP contribution in [-0.2, 0) is 4.79 Å². The fourth-order valence-electron chi connectivity index (χ4n) is 2.73. The summed E-state index contributed by atoms with van der Waals surface area (Å²) in [6, 6.07) is 0.384. The molecule has 19 heavy (non-hydrogen) atoms. The zero-order valence-corrected chi connectivity index (χ0v) is 12.5. The number of nitrogens with one attached hydrogen (secondary N) is 2. The molecule has 3 N–H and O–H groups in total. The van der Waals surface area contributed by atoms with Gasteiger partial charge in [0.15, 0.2) is 0 Å². The van der Waals surface area contributed by atoms with E-state index < -0.39 is 0 Å². The molecule has 0 radical (unpaired) electrons. The first kappa shape index (κ1) is 16.4. The Hall–Kier alpha value is -0.610. The van der Waals surface area contributed by atoms with Crippen LogP contribution in [0, 0.1) is 5.92 Å². The molecule has 0 aromatic rings. The van der Waals surface area contributed by atoms with Gasteiger partial charge in [0, 0.05) is 12.1 Å². The van der Waals surface area contributed by atoms with E-state index in [2.05, 4.69) is 24.5 Å². The predicted molar refractivity (Wildman–Crippen MR) is 78.0 cm³/mol. The second-order valence-electron chi connectivity index (χ2n) is 6.15. The van der Waals surface area contributed by atoms with Crippen molar-refractivity contribution in [3.63, 3.8) is 0 Å². The number of hydrogen-bond acceptors (Lipinski definition) is 3. The maximum Gasteiger partial charge on any atom is 0.234 e. The highest BCUT2D eigenvalue weighted by molar-refractivity contribution is 5.78. The molecule has 0 spiro atoms. The third kappa shape index (κ3) is 7.53. The first-order chi connectivity index (χ1) is 9.11. The largest absolute Gasteiger partial charge is 0.395 e. The van der Waals surface area contributed by atoms with Crippen molar-refractivity contribution in [1.82, 2.24) is 10.6 Å². The number of aliphatic hydroxyl groups excluding tert-OH is 1. The summed E-state index contributed by atoms with van der Waals surface area (Å²) in [4.78, 5) is 11.9. The first-order valence-corrected chi connectivity index (χ1v) is 7.75. The molecule has 0 heterocycles. The first-order valence-electron chi connectivity index (χ1n) is 7.75. The van der Waals surface area contributed by atoms with Crippen LogP contribution in [0.4, 0.5) is 0 Å². The van der Waals surface area contributed by atoms with E-state index in [9.17, 15) is 9.90 Å².